The summed E-state index contributed by atoms with van der Waals surface area (Å²) in [7, 11) is 1.72. The van der Waals surface area contributed by atoms with Gasteiger partial charge in [-0.2, -0.15) is 0 Å². The predicted octanol–water partition coefficient (Wildman–Crippen LogP) is 3.36. The van der Waals surface area contributed by atoms with Crippen LogP contribution in [0.3, 0.4) is 0 Å². The third-order valence-corrected chi connectivity index (χ3v) is 1.08. The van der Waals surface area contributed by atoms with Gasteiger partial charge in [-0.3, -0.25) is 4.57 Å². The fourth-order valence-electron chi connectivity index (χ4n) is 0.441. The highest BCUT2D eigenvalue weighted by atomic mass is 35.5. The van der Waals surface area contributed by atoms with Gasteiger partial charge in [0.2, 0.25) is 0 Å². The van der Waals surface area contributed by atoms with Crippen molar-refractivity contribution in [3.05, 3.63) is 29.3 Å². The number of benzene rings is 1. The van der Waals surface area contributed by atoms with E-state index in [1.165, 1.54) is 0 Å². The summed E-state index contributed by atoms with van der Waals surface area (Å²) >= 11 is 5.50. The number of hydrogen-bond acceptors (Lipinski definition) is 2. The van der Waals surface area contributed by atoms with Crippen LogP contribution in [0.1, 0.15) is 0 Å². The van der Waals surface area contributed by atoms with Gasteiger partial charge in [0, 0.05) is 5.02 Å². The van der Waals surface area contributed by atoms with Crippen molar-refractivity contribution in [1.29, 1.82) is 0 Å². The molecular formula is C6H8Cl3O2P. The Morgan fingerprint density at radius 1 is 1.08 bits per heavy atom. The lowest BCUT2D eigenvalue weighted by Crippen LogP contribution is -1.61. The Balaban J connectivity index is -0.000000189. The van der Waals surface area contributed by atoms with Gasteiger partial charge < -0.3 is 5.11 Å². The summed E-state index contributed by atoms with van der Waals surface area (Å²) in [5.74, 6) is 0.245. The van der Waals surface area contributed by atoms with Crippen LogP contribution in [0.2, 0.25) is 5.02 Å². The number of aromatic hydroxyl groups is 1. The second-order valence-electron chi connectivity index (χ2n) is 1.48. The molecule has 0 fully saturated rings. The Hall–Kier alpha value is -0.0100. The lowest BCUT2D eigenvalue weighted by atomic mass is 10.3. The van der Waals surface area contributed by atoms with Crippen LogP contribution in [-0.2, 0) is 4.57 Å². The molecule has 0 aliphatic heterocycles. The van der Waals surface area contributed by atoms with E-state index in [1.54, 1.807) is 33.4 Å². The van der Waals surface area contributed by atoms with E-state index in [-0.39, 0.29) is 30.6 Å². The van der Waals surface area contributed by atoms with Crippen molar-refractivity contribution in [2.45, 2.75) is 0 Å². The Morgan fingerprint density at radius 3 is 1.67 bits per heavy atom. The molecule has 2 nitrogen and oxygen atoms in total. The summed E-state index contributed by atoms with van der Waals surface area (Å²) in [5, 5.41) is 9.34. The summed E-state index contributed by atoms with van der Waals surface area (Å²) in [6.07, 6.45) is 0. The zero-order valence-electron chi connectivity index (χ0n) is 5.86. The van der Waals surface area contributed by atoms with Crippen LogP contribution in [0.25, 0.3) is 0 Å². The van der Waals surface area contributed by atoms with Gasteiger partial charge in [-0.25, -0.2) is 0 Å². The van der Waals surface area contributed by atoms with Gasteiger partial charge in [0.25, 0.3) is 0 Å². The van der Waals surface area contributed by atoms with Gasteiger partial charge >= 0.3 is 0 Å². The molecule has 0 saturated heterocycles. The first-order chi connectivity index (χ1) is 4.79. The van der Waals surface area contributed by atoms with E-state index in [0.29, 0.717) is 5.02 Å². The molecule has 12 heavy (non-hydrogen) atoms. The maximum absolute atomic E-state index is 8.70. The molecule has 0 spiro atoms. The van der Waals surface area contributed by atoms with E-state index >= 15 is 0 Å². The Kier molecular flexibility index (Phi) is 16.4. The fourth-order valence-corrected chi connectivity index (χ4v) is 0.567. The molecule has 0 unspecified atom stereocenters. The first kappa shape index (κ1) is 17.9. The molecule has 0 saturated carbocycles. The van der Waals surface area contributed by atoms with Crippen molar-refractivity contribution < 1.29 is 9.67 Å². The van der Waals surface area contributed by atoms with Crippen LogP contribution in [0, 0.1) is 0 Å². The smallest absolute Gasteiger partial charge is 0.138 e. The number of phenolic OH excluding ortho intramolecular Hbond substituents is 1. The quantitative estimate of drug-likeness (QED) is 0.716. The van der Waals surface area contributed by atoms with E-state index in [4.69, 9.17) is 21.3 Å². The van der Waals surface area contributed by atoms with Gasteiger partial charge in [-0.1, -0.05) is 11.6 Å². The third-order valence-electron chi connectivity index (χ3n) is 0.827. The molecule has 0 amide bonds. The van der Waals surface area contributed by atoms with Crippen LogP contribution >= 0.6 is 45.5 Å². The van der Waals surface area contributed by atoms with Gasteiger partial charge in [0.1, 0.15) is 14.9 Å². The summed E-state index contributed by atoms with van der Waals surface area (Å²) in [6, 6.07) is 6.36. The molecule has 0 radical (unpaired) electrons. The van der Waals surface area contributed by atoms with E-state index in [2.05, 4.69) is 0 Å². The van der Waals surface area contributed by atoms with E-state index in [0.717, 1.165) is 0 Å². The highest BCUT2D eigenvalue weighted by Gasteiger charge is 1.84. The van der Waals surface area contributed by atoms with Crippen LogP contribution < -0.4 is 0 Å². The largest absolute Gasteiger partial charge is 0.508 e. The molecule has 1 N–H and O–H groups in total. The lowest BCUT2D eigenvalue weighted by molar-refractivity contribution is 0.475. The van der Waals surface area contributed by atoms with Crippen LogP contribution in [0.15, 0.2) is 24.3 Å². The summed E-state index contributed by atoms with van der Waals surface area (Å²) in [6.45, 7) is 0. The zero-order chi connectivity index (χ0) is 7.98. The van der Waals surface area contributed by atoms with Gasteiger partial charge in [-0.15, -0.1) is 24.8 Å². The Morgan fingerprint density at radius 2 is 1.42 bits per heavy atom. The molecule has 0 bridgehead atoms. The topological polar surface area (TPSA) is 37.3 Å². The average molecular weight is 249 g/mol. The minimum Gasteiger partial charge on any atom is -0.508 e. The third kappa shape index (κ3) is 8.09. The molecule has 0 aromatic heterocycles. The highest BCUT2D eigenvalue weighted by Crippen LogP contribution is 2.12. The van der Waals surface area contributed by atoms with Crippen molar-refractivity contribution in [2.75, 3.05) is 0 Å². The van der Waals surface area contributed by atoms with Gasteiger partial charge in [0.15, 0.2) is 0 Å². The zero-order valence-corrected chi connectivity index (χ0v) is 9.25. The molecule has 1 aromatic rings. The average Bonchev–Trinajstić information content (AvgIpc) is 2.00. The number of rotatable bonds is 0. The second-order valence-corrected chi connectivity index (χ2v) is 1.91. The molecule has 0 atom stereocenters. The lowest BCUT2D eigenvalue weighted by Gasteiger charge is -1.87. The molecule has 0 aliphatic carbocycles. The van der Waals surface area contributed by atoms with Gasteiger partial charge in [-0.05, 0) is 24.3 Å². The van der Waals surface area contributed by atoms with Crippen molar-refractivity contribution in [3.63, 3.8) is 0 Å². The summed E-state index contributed by atoms with van der Waals surface area (Å²) in [5.41, 5.74) is 0. The Bertz CT molecular complexity index is 171. The molecule has 0 aliphatic rings. The minimum absolute atomic E-state index is 0. The molecule has 6 heteroatoms. The van der Waals surface area contributed by atoms with Crippen LogP contribution in [0.4, 0.5) is 0 Å². The molecule has 70 valence electrons. The standard InChI is InChI=1S/C6H5ClO.2ClH.HOP/c7-5-1-3-6(8)4-2-5;;;1-2/h1-4,8H;2*1H;2H. The minimum atomic E-state index is 0. The molecule has 0 heterocycles. The van der Waals surface area contributed by atoms with Crippen LogP contribution in [-0.4, -0.2) is 5.11 Å². The molecule has 1 aromatic carbocycles. The van der Waals surface area contributed by atoms with Crippen molar-refractivity contribution >= 4 is 45.5 Å². The van der Waals surface area contributed by atoms with Crippen molar-refractivity contribution in [2.24, 2.45) is 0 Å². The van der Waals surface area contributed by atoms with E-state index in [9.17, 15) is 0 Å². The maximum atomic E-state index is 8.70. The number of hydrogen-bond donors (Lipinski definition) is 1. The van der Waals surface area contributed by atoms with E-state index < -0.39 is 0 Å². The normalized spacial score (nSPS) is 6.42. The van der Waals surface area contributed by atoms with Gasteiger partial charge in [0.05, 0.1) is 0 Å². The highest BCUT2D eigenvalue weighted by molar-refractivity contribution is 7.00. The van der Waals surface area contributed by atoms with Crippen molar-refractivity contribution in [3.8, 4) is 5.75 Å². The van der Waals surface area contributed by atoms with Crippen LogP contribution in [0.5, 0.6) is 5.75 Å². The number of halogens is 3. The Labute approximate surface area is 90.4 Å². The molecular weight excluding hydrogens is 241 g/mol. The summed E-state index contributed by atoms with van der Waals surface area (Å²) in [4.78, 5) is 0. The number of phenols is 1. The monoisotopic (exact) mass is 248 g/mol. The SMILES string of the molecule is Cl.Cl.O=P.Oc1ccc(Cl)cc1. The first-order valence-corrected chi connectivity index (χ1v) is 3.22. The fraction of sp³-hybridized carbons (Fsp3) is 0. The predicted molar refractivity (Wildman–Crippen MR) is 56.6 cm³/mol. The maximum Gasteiger partial charge on any atom is 0.138 e. The second kappa shape index (κ2) is 11.0. The molecule has 1 rings (SSSR count). The summed E-state index contributed by atoms with van der Waals surface area (Å²) < 4.78 is 8.06. The first-order valence-electron chi connectivity index (χ1n) is 2.44. The van der Waals surface area contributed by atoms with Crippen molar-refractivity contribution in [1.82, 2.24) is 0 Å². The van der Waals surface area contributed by atoms with E-state index in [1.807, 2.05) is 0 Å².